The number of aliphatic hydroxyl groups excluding tert-OH is 1. The van der Waals surface area contributed by atoms with Gasteiger partial charge in [0, 0.05) is 16.8 Å². The topological polar surface area (TPSA) is 20.2 Å². The van der Waals surface area contributed by atoms with Crippen LogP contribution in [0.15, 0.2) is 0 Å². The zero-order valence-corrected chi connectivity index (χ0v) is 9.73. The molecule has 0 aromatic heterocycles. The fraction of sp³-hybridized carbons (Fsp3) is 1.00. The Morgan fingerprint density at radius 1 is 0.615 bits per heavy atom. The van der Waals surface area contributed by atoms with E-state index in [0.29, 0.717) is 6.61 Å². The van der Waals surface area contributed by atoms with Crippen LogP contribution >= 0.6 is 0 Å². The third-order valence-corrected chi connectivity index (χ3v) is 2.69. The Balaban J connectivity index is 2.76. The summed E-state index contributed by atoms with van der Waals surface area (Å²) in [5.74, 6) is 0. The maximum atomic E-state index is 8.56. The van der Waals surface area contributed by atoms with Gasteiger partial charge in [0.15, 0.2) is 0 Å². The highest BCUT2D eigenvalue weighted by atomic mass is 28.1. The van der Waals surface area contributed by atoms with Gasteiger partial charge in [0.25, 0.3) is 0 Å². The molecule has 0 fully saturated rings. The molecule has 0 heterocycles. The highest BCUT2D eigenvalue weighted by molar-refractivity contribution is 6.08. The summed E-state index contributed by atoms with van der Waals surface area (Å²) in [6, 6.07) is 1.15. The number of unbranched alkanes of at least 4 members (excludes halogenated alkanes) is 8. The van der Waals surface area contributed by atoms with E-state index in [1.165, 1.54) is 51.4 Å². The largest absolute Gasteiger partial charge is 0.396 e. The van der Waals surface area contributed by atoms with E-state index in [1.54, 1.807) is 0 Å². The SMILES string of the molecule is OCCCCCCCCCCC[Si]. The van der Waals surface area contributed by atoms with Gasteiger partial charge in [0.2, 0.25) is 0 Å². The van der Waals surface area contributed by atoms with E-state index in [4.69, 9.17) is 5.11 Å². The molecule has 13 heavy (non-hydrogen) atoms. The summed E-state index contributed by atoms with van der Waals surface area (Å²) in [6.45, 7) is 0.366. The Morgan fingerprint density at radius 2 is 1.00 bits per heavy atom. The predicted octanol–water partition coefficient (Wildman–Crippen LogP) is 3.08. The van der Waals surface area contributed by atoms with Crippen molar-refractivity contribution in [2.45, 2.75) is 63.8 Å². The molecule has 0 aromatic carbocycles. The smallest absolute Gasteiger partial charge is 0.0431 e. The molecule has 0 atom stereocenters. The summed E-state index contributed by atoms with van der Waals surface area (Å²) in [6.07, 6.45) is 11.7. The summed E-state index contributed by atoms with van der Waals surface area (Å²) >= 11 is 0. The average Bonchev–Trinajstić information content (AvgIpc) is 2.16. The highest BCUT2D eigenvalue weighted by Gasteiger charge is 1.91. The van der Waals surface area contributed by atoms with Gasteiger partial charge in [0.1, 0.15) is 0 Å². The molecule has 0 spiro atoms. The Labute approximate surface area is 86.4 Å². The van der Waals surface area contributed by atoms with Gasteiger partial charge in [-0.1, -0.05) is 57.4 Å². The molecular formula is C11H23OSi. The second-order valence-electron chi connectivity index (χ2n) is 3.66. The zero-order valence-electron chi connectivity index (χ0n) is 8.73. The van der Waals surface area contributed by atoms with Crippen LogP contribution in [0, 0.1) is 0 Å². The van der Waals surface area contributed by atoms with Crippen LogP contribution in [0.2, 0.25) is 6.04 Å². The predicted molar refractivity (Wildman–Crippen MR) is 59.2 cm³/mol. The van der Waals surface area contributed by atoms with Gasteiger partial charge in [-0.25, -0.2) is 0 Å². The van der Waals surface area contributed by atoms with Crippen molar-refractivity contribution in [1.29, 1.82) is 0 Å². The van der Waals surface area contributed by atoms with Crippen molar-refractivity contribution in [2.24, 2.45) is 0 Å². The molecule has 0 rings (SSSR count). The lowest BCUT2D eigenvalue weighted by molar-refractivity contribution is 0.282. The lowest BCUT2D eigenvalue weighted by atomic mass is 10.1. The second-order valence-corrected chi connectivity index (χ2v) is 4.16. The summed E-state index contributed by atoms with van der Waals surface area (Å²) in [7, 11) is 3.48. The van der Waals surface area contributed by atoms with Crippen molar-refractivity contribution in [1.82, 2.24) is 0 Å². The first-order valence-corrected chi connectivity index (χ1v) is 6.38. The minimum absolute atomic E-state index is 0.366. The first-order valence-electron chi connectivity index (χ1n) is 5.67. The summed E-state index contributed by atoms with van der Waals surface area (Å²) in [5.41, 5.74) is 0. The number of aliphatic hydroxyl groups is 1. The molecule has 0 saturated heterocycles. The normalized spacial score (nSPS) is 10.6. The van der Waals surface area contributed by atoms with Crippen LogP contribution < -0.4 is 0 Å². The fourth-order valence-corrected chi connectivity index (χ4v) is 1.72. The fourth-order valence-electron chi connectivity index (χ4n) is 1.47. The second kappa shape index (κ2) is 12.2. The Morgan fingerprint density at radius 3 is 1.38 bits per heavy atom. The molecule has 0 aromatic rings. The van der Waals surface area contributed by atoms with Crippen molar-refractivity contribution in [3.63, 3.8) is 0 Å². The van der Waals surface area contributed by atoms with E-state index < -0.39 is 0 Å². The first kappa shape index (κ1) is 13.2. The average molecular weight is 199 g/mol. The van der Waals surface area contributed by atoms with Crippen molar-refractivity contribution in [2.75, 3.05) is 6.61 Å². The van der Waals surface area contributed by atoms with Crippen LogP contribution in [0.1, 0.15) is 57.8 Å². The molecule has 2 heteroatoms. The van der Waals surface area contributed by atoms with Crippen LogP contribution in [-0.2, 0) is 0 Å². The van der Waals surface area contributed by atoms with Crippen molar-refractivity contribution >= 4 is 10.2 Å². The zero-order chi connectivity index (χ0) is 9.78. The van der Waals surface area contributed by atoms with Crippen molar-refractivity contribution in [3.05, 3.63) is 0 Å². The lowest BCUT2D eigenvalue weighted by Crippen LogP contribution is -1.84. The molecule has 0 saturated carbocycles. The van der Waals surface area contributed by atoms with Gasteiger partial charge in [-0.3, -0.25) is 0 Å². The maximum absolute atomic E-state index is 8.56. The van der Waals surface area contributed by atoms with E-state index in [1.807, 2.05) is 0 Å². The van der Waals surface area contributed by atoms with Gasteiger partial charge < -0.3 is 5.11 Å². The molecular weight excluding hydrogens is 176 g/mol. The first-order chi connectivity index (χ1) is 6.41. The van der Waals surface area contributed by atoms with E-state index in [9.17, 15) is 0 Å². The monoisotopic (exact) mass is 199 g/mol. The van der Waals surface area contributed by atoms with Crippen molar-refractivity contribution in [3.8, 4) is 0 Å². The van der Waals surface area contributed by atoms with Gasteiger partial charge in [0.05, 0.1) is 0 Å². The molecule has 0 aliphatic rings. The van der Waals surface area contributed by atoms with E-state index in [-0.39, 0.29) is 0 Å². The van der Waals surface area contributed by atoms with Crippen LogP contribution in [0.25, 0.3) is 0 Å². The van der Waals surface area contributed by atoms with Crippen LogP contribution in [0.3, 0.4) is 0 Å². The number of hydrogen-bond acceptors (Lipinski definition) is 1. The van der Waals surface area contributed by atoms with Gasteiger partial charge in [-0.2, -0.15) is 0 Å². The molecule has 0 aliphatic carbocycles. The van der Waals surface area contributed by atoms with E-state index in [0.717, 1.165) is 12.5 Å². The molecule has 0 amide bonds. The summed E-state index contributed by atoms with van der Waals surface area (Å²) in [4.78, 5) is 0. The number of hydrogen-bond donors (Lipinski definition) is 1. The standard InChI is InChI=1S/C11H23OSi/c12-10-8-6-4-2-1-3-5-7-9-11-13/h12H,1-11H2. The molecule has 1 N–H and O–H groups in total. The molecule has 1 nitrogen and oxygen atoms in total. The van der Waals surface area contributed by atoms with E-state index in [2.05, 4.69) is 10.2 Å². The van der Waals surface area contributed by atoms with Gasteiger partial charge in [-0.15, -0.1) is 0 Å². The lowest BCUT2D eigenvalue weighted by Gasteiger charge is -2.00. The quantitative estimate of drug-likeness (QED) is 0.423. The third kappa shape index (κ3) is 12.2. The third-order valence-electron chi connectivity index (χ3n) is 2.33. The Hall–Kier alpha value is 0.177. The van der Waals surface area contributed by atoms with Gasteiger partial charge in [-0.05, 0) is 6.42 Å². The molecule has 77 valence electrons. The molecule has 0 aliphatic heterocycles. The molecule has 0 unspecified atom stereocenters. The Kier molecular flexibility index (Phi) is 12.3. The van der Waals surface area contributed by atoms with Crippen LogP contribution in [0.4, 0.5) is 0 Å². The highest BCUT2D eigenvalue weighted by Crippen LogP contribution is 2.09. The van der Waals surface area contributed by atoms with Crippen LogP contribution in [0.5, 0.6) is 0 Å². The maximum Gasteiger partial charge on any atom is 0.0431 e. The molecule has 3 radical (unpaired) electrons. The number of rotatable bonds is 10. The van der Waals surface area contributed by atoms with Crippen LogP contribution in [-0.4, -0.2) is 22.0 Å². The summed E-state index contributed by atoms with van der Waals surface area (Å²) < 4.78 is 0. The minimum atomic E-state index is 0.366. The van der Waals surface area contributed by atoms with E-state index >= 15 is 0 Å². The molecule has 0 bridgehead atoms. The van der Waals surface area contributed by atoms with Gasteiger partial charge >= 0.3 is 0 Å². The summed E-state index contributed by atoms with van der Waals surface area (Å²) in [5, 5.41) is 8.56. The minimum Gasteiger partial charge on any atom is -0.396 e. The Bertz CT molecular complexity index is 76.2. The van der Waals surface area contributed by atoms with Crippen molar-refractivity contribution < 1.29 is 5.11 Å².